The van der Waals surface area contributed by atoms with Crippen molar-refractivity contribution in [3.05, 3.63) is 65.2 Å². The van der Waals surface area contributed by atoms with Crippen LogP contribution in [0.4, 0.5) is 5.69 Å². The number of hydrogen-bond donors (Lipinski definition) is 1. The molecule has 0 aromatic heterocycles. The minimum Gasteiger partial charge on any atom is -0.858 e. The van der Waals surface area contributed by atoms with Crippen LogP contribution in [0.15, 0.2) is 53.5 Å². The number of aryl methyl sites for hydroxylation is 1. The molecule has 0 saturated carbocycles. The van der Waals surface area contributed by atoms with Crippen molar-refractivity contribution < 1.29 is 44.6 Å². The molecule has 0 aliphatic carbocycles. The molecule has 0 spiro atoms. The summed E-state index contributed by atoms with van der Waals surface area (Å²) in [4.78, 5) is 15.0. The van der Waals surface area contributed by atoms with E-state index in [-0.39, 0.29) is 40.7 Å². The Morgan fingerprint density at radius 1 is 1.10 bits per heavy atom. The maximum absolute atomic E-state index is 12.0. The number of carboxylic acids is 1. The van der Waals surface area contributed by atoms with Crippen molar-refractivity contribution >= 4 is 17.6 Å². The van der Waals surface area contributed by atoms with Gasteiger partial charge in [0.2, 0.25) is 0 Å². The standard InChI is InChI=1S/C15H13NO3.Na/c1-10-5-4-6-11(9-10)16-14(17)12-7-2-3-8-13(12)15(18)19;/h2-9H,1H3,(H,16,17)(H,18,19);/q;+1/p-1. The summed E-state index contributed by atoms with van der Waals surface area (Å²) in [5, 5.41) is 21.1. The molecule has 0 heterocycles. The third-order valence-corrected chi connectivity index (χ3v) is 2.62. The van der Waals surface area contributed by atoms with E-state index in [0.717, 1.165) is 5.56 Å². The van der Waals surface area contributed by atoms with Crippen molar-refractivity contribution in [3.63, 3.8) is 0 Å². The van der Waals surface area contributed by atoms with Gasteiger partial charge in [0.25, 0.3) is 0 Å². The number of aliphatic imine (C=N–C) groups is 1. The van der Waals surface area contributed by atoms with Crippen molar-refractivity contribution in [2.75, 3.05) is 0 Å². The Balaban J connectivity index is 0.00000200. The maximum Gasteiger partial charge on any atom is 1.00 e. The van der Waals surface area contributed by atoms with E-state index in [9.17, 15) is 9.90 Å². The number of hydrogen-bond acceptors (Lipinski definition) is 3. The SMILES string of the molecule is Cc1cccc(N=C([O-])c2ccccc2C(=O)O)c1.[Na+]. The van der Waals surface area contributed by atoms with Crippen molar-refractivity contribution in [3.8, 4) is 0 Å². The van der Waals surface area contributed by atoms with Gasteiger partial charge in [-0.2, -0.15) is 0 Å². The third kappa shape index (κ3) is 3.93. The Kier molecular flexibility index (Phi) is 5.95. The zero-order valence-electron chi connectivity index (χ0n) is 11.3. The van der Waals surface area contributed by atoms with E-state index >= 15 is 0 Å². The molecule has 5 heteroatoms. The molecule has 2 aromatic carbocycles. The normalized spacial score (nSPS) is 10.8. The van der Waals surface area contributed by atoms with Crippen LogP contribution < -0.4 is 34.7 Å². The van der Waals surface area contributed by atoms with Crippen LogP contribution in [-0.4, -0.2) is 17.0 Å². The summed E-state index contributed by atoms with van der Waals surface area (Å²) in [6, 6.07) is 13.2. The van der Waals surface area contributed by atoms with Crippen molar-refractivity contribution in [1.82, 2.24) is 0 Å². The minimum absolute atomic E-state index is 0. The van der Waals surface area contributed by atoms with E-state index in [0.29, 0.717) is 5.69 Å². The van der Waals surface area contributed by atoms with Crippen LogP contribution in [0.2, 0.25) is 0 Å². The first-order chi connectivity index (χ1) is 9.08. The van der Waals surface area contributed by atoms with Crippen LogP contribution in [0.3, 0.4) is 0 Å². The summed E-state index contributed by atoms with van der Waals surface area (Å²) in [6.45, 7) is 1.90. The fraction of sp³-hybridized carbons (Fsp3) is 0.0667. The van der Waals surface area contributed by atoms with E-state index < -0.39 is 11.9 Å². The number of rotatable bonds is 3. The van der Waals surface area contributed by atoms with Gasteiger partial charge in [-0.25, -0.2) is 4.79 Å². The molecule has 0 amide bonds. The van der Waals surface area contributed by atoms with Gasteiger partial charge in [-0.15, -0.1) is 0 Å². The van der Waals surface area contributed by atoms with Gasteiger partial charge < -0.3 is 10.2 Å². The number of benzene rings is 2. The summed E-state index contributed by atoms with van der Waals surface area (Å²) >= 11 is 0. The van der Waals surface area contributed by atoms with Crippen LogP contribution in [0.5, 0.6) is 0 Å². The van der Waals surface area contributed by atoms with E-state index in [2.05, 4.69) is 4.99 Å². The van der Waals surface area contributed by atoms with Gasteiger partial charge in [-0.05, 0) is 42.1 Å². The van der Waals surface area contributed by atoms with Crippen molar-refractivity contribution in [2.24, 2.45) is 4.99 Å². The van der Waals surface area contributed by atoms with E-state index in [1.807, 2.05) is 13.0 Å². The van der Waals surface area contributed by atoms with Crippen LogP contribution in [-0.2, 0) is 0 Å². The second-order valence-corrected chi connectivity index (χ2v) is 4.11. The zero-order valence-corrected chi connectivity index (χ0v) is 13.3. The van der Waals surface area contributed by atoms with Crippen LogP contribution in [0, 0.1) is 6.92 Å². The molecule has 0 unspecified atom stereocenters. The number of aromatic carboxylic acids is 1. The molecule has 0 bridgehead atoms. The van der Waals surface area contributed by atoms with E-state index in [1.54, 1.807) is 30.3 Å². The average Bonchev–Trinajstić information content (AvgIpc) is 2.38. The molecule has 96 valence electrons. The summed E-state index contributed by atoms with van der Waals surface area (Å²) in [7, 11) is 0. The molecular weight excluding hydrogens is 265 g/mol. The maximum atomic E-state index is 12.0. The Morgan fingerprint density at radius 3 is 2.35 bits per heavy atom. The molecule has 1 N–H and O–H groups in total. The molecule has 0 aliphatic rings. The second kappa shape index (κ2) is 7.24. The number of nitrogens with zero attached hydrogens (tertiary/aromatic N) is 1. The van der Waals surface area contributed by atoms with Gasteiger partial charge in [0, 0.05) is 0 Å². The fourth-order valence-electron chi connectivity index (χ4n) is 1.73. The number of carbonyl (C=O) groups is 1. The Hall–Kier alpha value is -1.62. The van der Waals surface area contributed by atoms with Gasteiger partial charge in [0.05, 0.1) is 11.3 Å². The first kappa shape index (κ1) is 16.4. The molecule has 0 saturated heterocycles. The molecule has 0 aliphatic heterocycles. The molecule has 0 fully saturated rings. The largest absolute Gasteiger partial charge is 1.00 e. The van der Waals surface area contributed by atoms with Gasteiger partial charge in [0.15, 0.2) is 0 Å². The molecule has 2 rings (SSSR count). The first-order valence-electron chi connectivity index (χ1n) is 5.73. The third-order valence-electron chi connectivity index (χ3n) is 2.62. The van der Waals surface area contributed by atoms with Crippen LogP contribution in [0.1, 0.15) is 21.5 Å². The molecular formula is C15H12NNaO3. The topological polar surface area (TPSA) is 72.7 Å². The molecule has 4 nitrogen and oxygen atoms in total. The predicted octanol–water partition coefficient (Wildman–Crippen LogP) is -0.864. The molecule has 20 heavy (non-hydrogen) atoms. The first-order valence-corrected chi connectivity index (χ1v) is 5.73. The van der Waals surface area contributed by atoms with E-state index in [4.69, 9.17) is 5.11 Å². The Bertz CT molecular complexity index is 653. The average molecular weight is 277 g/mol. The summed E-state index contributed by atoms with van der Waals surface area (Å²) in [5.74, 6) is -1.69. The van der Waals surface area contributed by atoms with Crippen molar-refractivity contribution in [2.45, 2.75) is 6.92 Å². The van der Waals surface area contributed by atoms with Gasteiger partial charge in [-0.3, -0.25) is 4.99 Å². The monoisotopic (exact) mass is 277 g/mol. The van der Waals surface area contributed by atoms with Gasteiger partial charge >= 0.3 is 35.5 Å². The molecule has 2 aromatic rings. The van der Waals surface area contributed by atoms with Crippen LogP contribution >= 0.6 is 0 Å². The molecule has 0 radical (unpaired) electrons. The summed E-state index contributed by atoms with van der Waals surface area (Å²) < 4.78 is 0. The second-order valence-electron chi connectivity index (χ2n) is 4.11. The smallest absolute Gasteiger partial charge is 0.858 e. The Morgan fingerprint density at radius 2 is 1.75 bits per heavy atom. The summed E-state index contributed by atoms with van der Waals surface area (Å²) in [5.41, 5.74) is 1.56. The van der Waals surface area contributed by atoms with E-state index in [1.165, 1.54) is 12.1 Å². The zero-order chi connectivity index (χ0) is 13.8. The minimum atomic E-state index is -1.14. The predicted molar refractivity (Wildman–Crippen MR) is 70.8 cm³/mol. The Labute approximate surface area is 139 Å². The molecule has 0 atom stereocenters. The van der Waals surface area contributed by atoms with Gasteiger partial charge in [-0.1, -0.05) is 30.3 Å². The fourth-order valence-corrected chi connectivity index (χ4v) is 1.73. The van der Waals surface area contributed by atoms with Gasteiger partial charge in [0.1, 0.15) is 0 Å². The van der Waals surface area contributed by atoms with Crippen LogP contribution in [0.25, 0.3) is 0 Å². The summed E-state index contributed by atoms with van der Waals surface area (Å²) in [6.07, 6.45) is 0. The quantitative estimate of drug-likeness (QED) is 0.450. The number of carboxylic acid groups (broad SMARTS) is 1. The van der Waals surface area contributed by atoms with Crippen molar-refractivity contribution in [1.29, 1.82) is 0 Å².